The average Bonchev–Trinajstić information content (AvgIpc) is 3.33. The van der Waals surface area contributed by atoms with Gasteiger partial charge in [0.15, 0.2) is 0 Å². The van der Waals surface area contributed by atoms with Crippen LogP contribution in [0, 0.1) is 5.92 Å². The lowest BCUT2D eigenvalue weighted by Crippen LogP contribution is -2.36. The van der Waals surface area contributed by atoms with Gasteiger partial charge in [-0.15, -0.1) is 11.3 Å². The number of anilines is 1. The number of hydrogen-bond acceptors (Lipinski definition) is 7. The summed E-state index contributed by atoms with van der Waals surface area (Å²) in [6.45, 7) is 7.09. The molecule has 1 aromatic carbocycles. The summed E-state index contributed by atoms with van der Waals surface area (Å²) < 4.78 is 11.6. The van der Waals surface area contributed by atoms with E-state index in [1.54, 1.807) is 18.4 Å². The molecule has 4 heterocycles. The molecular formula is C25H30N4O2S. The minimum absolute atomic E-state index is 0.685. The summed E-state index contributed by atoms with van der Waals surface area (Å²) in [5, 5.41) is 2.14. The molecule has 32 heavy (non-hydrogen) atoms. The topological polar surface area (TPSA) is 50.7 Å². The summed E-state index contributed by atoms with van der Waals surface area (Å²) in [6.07, 6.45) is 3.28. The smallest absolute Gasteiger partial charge is 0.228 e. The Bertz CT molecular complexity index is 1030. The zero-order valence-electron chi connectivity index (χ0n) is 18.8. The van der Waals surface area contributed by atoms with Crippen LogP contribution in [0.15, 0.2) is 41.8 Å². The highest BCUT2D eigenvalue weighted by molar-refractivity contribution is 7.09. The molecule has 0 aliphatic carbocycles. The zero-order valence-corrected chi connectivity index (χ0v) is 19.6. The first-order chi connectivity index (χ1) is 15.7. The lowest BCUT2D eigenvalue weighted by molar-refractivity contribution is 0.240. The Kier molecular flexibility index (Phi) is 6.28. The molecule has 0 saturated carbocycles. The molecule has 6 nitrogen and oxygen atoms in total. The molecule has 0 N–H and O–H groups in total. The molecule has 0 amide bonds. The van der Waals surface area contributed by atoms with Crippen molar-refractivity contribution in [1.82, 2.24) is 14.9 Å². The largest absolute Gasteiger partial charge is 0.497 e. The van der Waals surface area contributed by atoms with Gasteiger partial charge in [0.1, 0.15) is 11.5 Å². The molecule has 2 aromatic heterocycles. The molecule has 1 saturated heterocycles. The van der Waals surface area contributed by atoms with Gasteiger partial charge in [0.05, 0.1) is 18.4 Å². The molecule has 7 heteroatoms. The van der Waals surface area contributed by atoms with Gasteiger partial charge < -0.3 is 14.4 Å². The third-order valence-corrected chi connectivity index (χ3v) is 7.25. The van der Waals surface area contributed by atoms with E-state index >= 15 is 0 Å². The van der Waals surface area contributed by atoms with Crippen LogP contribution < -0.4 is 14.4 Å². The predicted octanol–water partition coefficient (Wildman–Crippen LogP) is 5.13. The van der Waals surface area contributed by atoms with E-state index in [4.69, 9.17) is 19.4 Å². The second-order valence-corrected chi connectivity index (χ2v) is 9.77. The molecular weight excluding hydrogens is 420 g/mol. The second kappa shape index (κ2) is 9.46. The van der Waals surface area contributed by atoms with Crippen LogP contribution in [0.2, 0.25) is 0 Å². The molecule has 1 fully saturated rings. The van der Waals surface area contributed by atoms with E-state index in [1.165, 1.54) is 17.7 Å². The van der Waals surface area contributed by atoms with Crippen molar-refractivity contribution in [2.24, 2.45) is 5.92 Å². The number of nitrogens with zero attached hydrogens (tertiary/aromatic N) is 4. The van der Waals surface area contributed by atoms with Crippen LogP contribution in [0.4, 0.5) is 5.95 Å². The van der Waals surface area contributed by atoms with Crippen LogP contribution in [0.1, 0.15) is 35.9 Å². The molecule has 3 aromatic rings. The number of benzene rings is 1. The second-order valence-electron chi connectivity index (χ2n) is 8.74. The predicted molar refractivity (Wildman–Crippen MR) is 128 cm³/mol. The molecule has 0 atom stereocenters. The maximum atomic E-state index is 6.36. The number of methoxy groups -OCH3 is 1. The van der Waals surface area contributed by atoms with Crippen molar-refractivity contribution < 1.29 is 9.47 Å². The van der Waals surface area contributed by atoms with Crippen LogP contribution in [0.25, 0.3) is 0 Å². The summed E-state index contributed by atoms with van der Waals surface area (Å²) in [4.78, 5) is 16.1. The number of aromatic nitrogens is 2. The van der Waals surface area contributed by atoms with Gasteiger partial charge in [-0.05, 0) is 54.5 Å². The van der Waals surface area contributed by atoms with Crippen molar-refractivity contribution in [3.63, 3.8) is 0 Å². The Morgan fingerprint density at radius 1 is 1.03 bits per heavy atom. The Morgan fingerprint density at radius 2 is 1.81 bits per heavy atom. The minimum atomic E-state index is 0.685. The van der Waals surface area contributed by atoms with Crippen molar-refractivity contribution in [3.05, 3.63) is 57.9 Å². The Labute approximate surface area is 193 Å². The van der Waals surface area contributed by atoms with Gasteiger partial charge in [0, 0.05) is 44.0 Å². The van der Waals surface area contributed by atoms with Crippen LogP contribution >= 0.6 is 11.3 Å². The summed E-state index contributed by atoms with van der Waals surface area (Å²) in [7, 11) is 1.67. The molecule has 0 bridgehead atoms. The first-order valence-electron chi connectivity index (χ1n) is 11.4. The van der Waals surface area contributed by atoms with Gasteiger partial charge in [-0.25, -0.2) is 4.98 Å². The van der Waals surface area contributed by atoms with Gasteiger partial charge in [-0.2, -0.15) is 4.98 Å². The highest BCUT2D eigenvalue weighted by Gasteiger charge is 2.27. The number of fused-ring (bicyclic) bond motifs is 1. The molecule has 5 rings (SSSR count). The zero-order chi connectivity index (χ0) is 21.9. The Balaban J connectivity index is 1.44. The van der Waals surface area contributed by atoms with Crippen LogP contribution in [0.5, 0.6) is 17.4 Å². The van der Waals surface area contributed by atoms with Gasteiger partial charge in [-0.3, -0.25) is 4.90 Å². The monoisotopic (exact) mass is 450 g/mol. The molecule has 0 radical (unpaired) electrons. The van der Waals surface area contributed by atoms with Gasteiger partial charge >= 0.3 is 0 Å². The van der Waals surface area contributed by atoms with Gasteiger partial charge in [0.25, 0.3) is 0 Å². The average molecular weight is 451 g/mol. The SMILES string of the molecule is COc1ccc(Oc2nc(N3CCC(C)CC3)nc3c2CN(Cc2cccs2)CC3)cc1. The normalized spacial score (nSPS) is 17.2. The van der Waals surface area contributed by atoms with Crippen molar-refractivity contribution >= 4 is 17.3 Å². The van der Waals surface area contributed by atoms with Crippen molar-refractivity contribution in [3.8, 4) is 17.4 Å². The lowest BCUT2D eigenvalue weighted by Gasteiger charge is -2.33. The number of piperidine rings is 1. The summed E-state index contributed by atoms with van der Waals surface area (Å²) in [5.41, 5.74) is 2.23. The fourth-order valence-electron chi connectivity index (χ4n) is 4.38. The van der Waals surface area contributed by atoms with E-state index in [0.29, 0.717) is 5.88 Å². The highest BCUT2D eigenvalue weighted by Crippen LogP contribution is 2.33. The van der Waals surface area contributed by atoms with Crippen LogP contribution in [-0.4, -0.2) is 41.6 Å². The first kappa shape index (κ1) is 21.2. The molecule has 168 valence electrons. The van der Waals surface area contributed by atoms with E-state index in [1.807, 2.05) is 24.3 Å². The van der Waals surface area contributed by atoms with Gasteiger partial charge in [0.2, 0.25) is 11.8 Å². The first-order valence-corrected chi connectivity index (χ1v) is 12.3. The Morgan fingerprint density at radius 3 is 2.53 bits per heavy atom. The number of hydrogen-bond donors (Lipinski definition) is 0. The maximum absolute atomic E-state index is 6.36. The van der Waals surface area contributed by atoms with Crippen LogP contribution in [0.3, 0.4) is 0 Å². The molecule has 2 aliphatic rings. The molecule has 0 unspecified atom stereocenters. The fraction of sp³-hybridized carbons (Fsp3) is 0.440. The van der Waals surface area contributed by atoms with E-state index in [0.717, 1.165) is 73.8 Å². The quantitative estimate of drug-likeness (QED) is 0.519. The third kappa shape index (κ3) is 4.74. The number of rotatable bonds is 6. The molecule has 0 spiro atoms. The minimum Gasteiger partial charge on any atom is -0.497 e. The third-order valence-electron chi connectivity index (χ3n) is 6.39. The van der Waals surface area contributed by atoms with E-state index in [2.05, 4.69) is 34.2 Å². The van der Waals surface area contributed by atoms with E-state index < -0.39 is 0 Å². The standard InChI is InChI=1S/C25H30N4O2S/c1-18-9-13-29(14-10-18)25-26-23-11-12-28(16-21-4-3-15-32-21)17-22(23)24(27-25)31-20-7-5-19(30-2)6-8-20/h3-8,15,18H,9-14,16-17H2,1-2H3. The number of thiophene rings is 1. The van der Waals surface area contributed by atoms with Crippen LogP contribution in [-0.2, 0) is 19.5 Å². The fourth-order valence-corrected chi connectivity index (χ4v) is 5.12. The Hall–Kier alpha value is -2.64. The number of ether oxygens (including phenoxy) is 2. The summed E-state index contributed by atoms with van der Waals surface area (Å²) in [6, 6.07) is 12.0. The van der Waals surface area contributed by atoms with Gasteiger partial charge in [-0.1, -0.05) is 13.0 Å². The van der Waals surface area contributed by atoms with E-state index in [9.17, 15) is 0 Å². The molecule has 2 aliphatic heterocycles. The van der Waals surface area contributed by atoms with Crippen molar-refractivity contribution in [2.45, 2.75) is 39.3 Å². The summed E-state index contributed by atoms with van der Waals surface area (Å²) in [5.74, 6) is 3.84. The lowest BCUT2D eigenvalue weighted by atomic mass is 9.99. The van der Waals surface area contributed by atoms with Crippen molar-refractivity contribution in [2.75, 3.05) is 31.6 Å². The summed E-state index contributed by atoms with van der Waals surface area (Å²) >= 11 is 1.81. The highest BCUT2D eigenvalue weighted by atomic mass is 32.1. The van der Waals surface area contributed by atoms with E-state index in [-0.39, 0.29) is 0 Å². The van der Waals surface area contributed by atoms with Crippen molar-refractivity contribution in [1.29, 1.82) is 0 Å². The maximum Gasteiger partial charge on any atom is 0.228 e.